The first-order chi connectivity index (χ1) is 9.99. The van der Waals surface area contributed by atoms with Crippen LogP contribution >= 0.6 is 27.4 Å². The smallest absolute Gasteiger partial charge is 0.207 e. The zero-order chi connectivity index (χ0) is 16.1. The van der Waals surface area contributed by atoms with Gasteiger partial charge in [-0.2, -0.15) is 0 Å². The van der Waals surface area contributed by atoms with E-state index in [1.54, 1.807) is 11.4 Å². The molecule has 0 rings (SSSR count). The second-order valence-corrected chi connectivity index (χ2v) is 14.8. The molecule has 21 heavy (non-hydrogen) atoms. The van der Waals surface area contributed by atoms with Gasteiger partial charge in [-0.25, -0.2) is 0 Å². The molecule has 0 N–H and O–H groups in total. The zero-order valence-electron chi connectivity index (χ0n) is 14.3. The van der Waals surface area contributed by atoms with Crippen molar-refractivity contribution in [2.24, 2.45) is 11.8 Å². The number of hydrogen-bond acceptors (Lipinski definition) is 3. The minimum Gasteiger partial charge on any atom is -0.330 e. The fourth-order valence-electron chi connectivity index (χ4n) is 2.22. The normalized spacial score (nSPS) is 17.4. The Hall–Kier alpha value is 1.25. The zero-order valence-corrected chi connectivity index (χ0v) is 17.6. The topological polar surface area (TPSA) is 9.23 Å². The number of halogens is 1. The maximum atomic E-state index is 6.47. The molecule has 3 atom stereocenters. The highest BCUT2D eigenvalue weighted by Gasteiger charge is 2.19. The van der Waals surface area contributed by atoms with Gasteiger partial charge >= 0.3 is 0 Å². The van der Waals surface area contributed by atoms with Gasteiger partial charge in [-0.15, -0.1) is 0 Å². The molecule has 1 nitrogen and oxygen atoms in total. The van der Waals surface area contributed by atoms with Crippen LogP contribution in [0.15, 0.2) is 0 Å². The predicted octanol–water partition coefficient (Wildman–Crippen LogP) is 7.63. The molecule has 0 aromatic carbocycles. The van der Waals surface area contributed by atoms with Gasteiger partial charge in [-0.05, 0) is 47.7 Å². The lowest BCUT2D eigenvalue weighted by atomic mass is 10.0. The van der Waals surface area contributed by atoms with Crippen LogP contribution in [0.3, 0.4) is 0 Å². The molecule has 0 radical (unpaired) electrons. The highest BCUT2D eigenvalue weighted by atomic mass is 35.7. The van der Waals surface area contributed by atoms with Crippen LogP contribution in [0, 0.1) is 11.8 Å². The van der Waals surface area contributed by atoms with Gasteiger partial charge in [0.05, 0.1) is 6.61 Å². The van der Waals surface area contributed by atoms with Crippen molar-refractivity contribution in [3.05, 3.63) is 0 Å². The van der Waals surface area contributed by atoms with E-state index in [0.717, 1.165) is 24.7 Å². The molecule has 0 aliphatic heterocycles. The third-order valence-corrected chi connectivity index (χ3v) is 9.53. The molecular weight excluding hydrogens is 339 g/mol. The lowest BCUT2D eigenvalue weighted by molar-refractivity contribution is 0.261. The molecule has 0 amide bonds. The first-order valence-electron chi connectivity index (χ1n) is 8.57. The van der Waals surface area contributed by atoms with Crippen LogP contribution in [-0.2, 0) is 16.3 Å². The molecule has 3 unspecified atom stereocenters. The summed E-state index contributed by atoms with van der Waals surface area (Å²) in [4.78, 5) is -2.17. The summed E-state index contributed by atoms with van der Waals surface area (Å²) in [6, 6.07) is 0. The van der Waals surface area contributed by atoms with Gasteiger partial charge in [0.1, 0.15) is 0 Å². The summed E-state index contributed by atoms with van der Waals surface area (Å²) < 4.78 is 5.93. The molecule has 0 spiro atoms. The van der Waals surface area contributed by atoms with Crippen molar-refractivity contribution in [1.82, 2.24) is 0 Å². The molecule has 0 saturated carbocycles. The Labute approximate surface area is 147 Å². The van der Waals surface area contributed by atoms with E-state index in [2.05, 4.69) is 27.7 Å². The van der Waals surface area contributed by atoms with Crippen molar-refractivity contribution in [2.45, 2.75) is 79.1 Å². The van der Waals surface area contributed by atoms with Gasteiger partial charge in [0.25, 0.3) is 0 Å². The van der Waals surface area contributed by atoms with Crippen LogP contribution in [0.5, 0.6) is 0 Å². The average Bonchev–Trinajstić information content (AvgIpc) is 2.47. The quantitative estimate of drug-likeness (QED) is 0.290. The molecule has 0 aromatic rings. The van der Waals surface area contributed by atoms with E-state index < -0.39 is 4.82 Å². The maximum Gasteiger partial charge on any atom is 0.207 e. The standard InChI is InChI=1S/C16H34ClOPS2/c1-5-9-11-15(7-3)13-18-19(17,20)21-14-16(8-4)12-10-6-2/h15-16H,5-14H2,1-4H3. The van der Waals surface area contributed by atoms with Crippen molar-refractivity contribution < 1.29 is 4.52 Å². The predicted molar refractivity (Wildman–Crippen MR) is 105 cm³/mol. The van der Waals surface area contributed by atoms with E-state index in [0.29, 0.717) is 5.92 Å². The average molecular weight is 373 g/mol. The third-order valence-electron chi connectivity index (χ3n) is 4.02. The highest BCUT2D eigenvalue weighted by Crippen LogP contribution is 2.65. The van der Waals surface area contributed by atoms with Crippen LogP contribution in [-0.4, -0.2) is 12.4 Å². The molecule has 0 saturated heterocycles. The molecule has 0 aliphatic rings. The van der Waals surface area contributed by atoms with E-state index >= 15 is 0 Å². The summed E-state index contributed by atoms with van der Waals surface area (Å²) in [6.45, 7) is 9.71. The second kappa shape index (κ2) is 13.7. The summed E-state index contributed by atoms with van der Waals surface area (Å²) in [7, 11) is 0. The van der Waals surface area contributed by atoms with Crippen molar-refractivity contribution >= 4 is 39.2 Å². The van der Waals surface area contributed by atoms with Gasteiger partial charge < -0.3 is 4.52 Å². The molecule has 0 aromatic heterocycles. The Kier molecular flexibility index (Phi) is 14.5. The summed E-state index contributed by atoms with van der Waals surface area (Å²) in [5.41, 5.74) is 0. The van der Waals surface area contributed by atoms with Crippen molar-refractivity contribution in [1.29, 1.82) is 0 Å². The fourth-order valence-corrected chi connectivity index (χ4v) is 6.46. The largest absolute Gasteiger partial charge is 0.330 e. The Morgan fingerprint density at radius 2 is 1.52 bits per heavy atom. The van der Waals surface area contributed by atoms with Gasteiger partial charge in [-0.3, -0.25) is 0 Å². The molecule has 0 bridgehead atoms. The van der Waals surface area contributed by atoms with Crippen molar-refractivity contribution in [3.8, 4) is 0 Å². The summed E-state index contributed by atoms with van der Waals surface area (Å²) in [5.74, 6) is 2.42. The Morgan fingerprint density at radius 3 is 2.00 bits per heavy atom. The van der Waals surface area contributed by atoms with E-state index in [9.17, 15) is 0 Å². The van der Waals surface area contributed by atoms with Crippen molar-refractivity contribution in [3.63, 3.8) is 0 Å². The summed E-state index contributed by atoms with van der Waals surface area (Å²) >= 11 is 13.7. The molecule has 5 heteroatoms. The van der Waals surface area contributed by atoms with E-state index in [4.69, 9.17) is 27.6 Å². The van der Waals surface area contributed by atoms with Crippen LogP contribution in [0.2, 0.25) is 0 Å². The first kappa shape index (κ1) is 22.2. The Morgan fingerprint density at radius 1 is 1.00 bits per heavy atom. The number of rotatable bonds is 14. The molecule has 0 fully saturated rings. The minimum atomic E-state index is -2.17. The fraction of sp³-hybridized carbons (Fsp3) is 1.00. The van der Waals surface area contributed by atoms with Crippen LogP contribution in [0.1, 0.15) is 79.1 Å². The van der Waals surface area contributed by atoms with Gasteiger partial charge in [-0.1, -0.05) is 77.6 Å². The van der Waals surface area contributed by atoms with Gasteiger partial charge in [0.2, 0.25) is 4.82 Å². The highest BCUT2D eigenvalue weighted by molar-refractivity contribution is 8.76. The molecular formula is C16H34ClOPS2. The van der Waals surface area contributed by atoms with E-state index in [-0.39, 0.29) is 0 Å². The minimum absolute atomic E-state index is 0.619. The number of unbranched alkanes of at least 4 members (excludes halogenated alkanes) is 2. The monoisotopic (exact) mass is 372 g/mol. The summed E-state index contributed by atoms with van der Waals surface area (Å²) in [6.07, 6.45) is 9.99. The van der Waals surface area contributed by atoms with Crippen LogP contribution < -0.4 is 0 Å². The first-order valence-corrected chi connectivity index (χ1v) is 13.8. The Balaban J connectivity index is 4.08. The SMILES string of the molecule is CCCCC(CC)COP(=S)(Cl)SCC(CC)CCCC. The van der Waals surface area contributed by atoms with Crippen LogP contribution in [0.25, 0.3) is 0 Å². The van der Waals surface area contributed by atoms with Crippen molar-refractivity contribution in [2.75, 3.05) is 12.4 Å². The second-order valence-electron chi connectivity index (χ2n) is 5.86. The van der Waals surface area contributed by atoms with E-state index in [1.807, 2.05) is 0 Å². The van der Waals surface area contributed by atoms with Crippen LogP contribution in [0.4, 0.5) is 0 Å². The van der Waals surface area contributed by atoms with Gasteiger partial charge in [0, 0.05) is 5.75 Å². The Bertz CT molecular complexity index is 265. The van der Waals surface area contributed by atoms with E-state index in [1.165, 1.54) is 44.9 Å². The number of hydrogen-bond donors (Lipinski definition) is 0. The molecule has 0 aliphatic carbocycles. The van der Waals surface area contributed by atoms with Gasteiger partial charge in [0.15, 0.2) is 0 Å². The molecule has 128 valence electrons. The maximum absolute atomic E-state index is 6.47. The molecule has 0 heterocycles. The lowest BCUT2D eigenvalue weighted by Gasteiger charge is -2.21. The summed E-state index contributed by atoms with van der Waals surface area (Å²) in [5, 5.41) is 0. The third kappa shape index (κ3) is 12.4. The lowest BCUT2D eigenvalue weighted by Crippen LogP contribution is -2.07.